The third-order valence-electron chi connectivity index (χ3n) is 2.45. The highest BCUT2D eigenvalue weighted by molar-refractivity contribution is 9.10. The Labute approximate surface area is 122 Å². The minimum Gasteiger partial charge on any atom is -0.386 e. The topological polar surface area (TPSA) is 49.3 Å². The number of aliphatic hydroxyl groups excluding tert-OH is 1. The molecule has 0 saturated heterocycles. The van der Waals surface area contributed by atoms with Gasteiger partial charge in [-0.3, -0.25) is 4.79 Å². The van der Waals surface area contributed by atoms with Gasteiger partial charge in [-0.05, 0) is 45.9 Å². The van der Waals surface area contributed by atoms with Crippen molar-refractivity contribution in [2.75, 3.05) is 6.54 Å². The summed E-state index contributed by atoms with van der Waals surface area (Å²) in [6, 6.07) is 3.73. The molecule has 0 spiro atoms. The molecule has 0 saturated carbocycles. The third-order valence-corrected chi connectivity index (χ3v) is 5.26. The Balaban J connectivity index is 1.92. The Morgan fingerprint density at radius 2 is 2.33 bits per heavy atom. The number of hydrogen-bond acceptors (Lipinski definition) is 4. The molecule has 0 radical (unpaired) electrons. The highest BCUT2D eigenvalue weighted by atomic mass is 79.9. The molecule has 3 nitrogen and oxygen atoms in total. The van der Waals surface area contributed by atoms with Crippen LogP contribution in [0.15, 0.2) is 27.4 Å². The largest absolute Gasteiger partial charge is 0.386 e. The average Bonchev–Trinajstić information content (AvgIpc) is 2.94. The van der Waals surface area contributed by atoms with Gasteiger partial charge in [-0.1, -0.05) is 0 Å². The summed E-state index contributed by atoms with van der Waals surface area (Å²) in [5.74, 6) is -0.154. The van der Waals surface area contributed by atoms with Crippen LogP contribution in [0.4, 0.5) is 0 Å². The fourth-order valence-corrected chi connectivity index (χ4v) is 3.78. The second-order valence-electron chi connectivity index (χ2n) is 3.82. The van der Waals surface area contributed by atoms with Gasteiger partial charge in [-0.2, -0.15) is 0 Å². The van der Waals surface area contributed by atoms with Gasteiger partial charge in [0.15, 0.2) is 0 Å². The van der Waals surface area contributed by atoms with Crippen molar-refractivity contribution >= 4 is 44.5 Å². The molecule has 18 heavy (non-hydrogen) atoms. The predicted molar refractivity (Wildman–Crippen MR) is 78.4 cm³/mol. The van der Waals surface area contributed by atoms with Crippen LogP contribution in [-0.4, -0.2) is 17.6 Å². The molecule has 0 fully saturated rings. The molecule has 0 aromatic carbocycles. The Morgan fingerprint density at radius 1 is 1.56 bits per heavy atom. The van der Waals surface area contributed by atoms with Crippen molar-refractivity contribution in [1.29, 1.82) is 0 Å². The maximum atomic E-state index is 11.8. The Kier molecular flexibility index (Phi) is 4.55. The molecule has 96 valence electrons. The van der Waals surface area contributed by atoms with Gasteiger partial charge in [-0.15, -0.1) is 22.7 Å². The molecule has 0 aliphatic heterocycles. The Bertz CT molecular complexity index is 550. The molecule has 1 unspecified atom stereocenters. The molecule has 0 aliphatic carbocycles. The van der Waals surface area contributed by atoms with Crippen LogP contribution in [0.5, 0.6) is 0 Å². The van der Waals surface area contributed by atoms with Crippen molar-refractivity contribution in [2.45, 2.75) is 13.0 Å². The number of carbonyl (C=O) groups excluding carboxylic acids is 1. The van der Waals surface area contributed by atoms with Gasteiger partial charge in [0, 0.05) is 21.3 Å². The summed E-state index contributed by atoms with van der Waals surface area (Å²) >= 11 is 6.18. The van der Waals surface area contributed by atoms with E-state index in [1.807, 2.05) is 23.8 Å². The highest BCUT2D eigenvalue weighted by Gasteiger charge is 2.14. The molecule has 0 aliphatic rings. The SMILES string of the molecule is Cc1ccsc1C(O)CNC(=O)c1cc(Br)cs1. The van der Waals surface area contributed by atoms with E-state index in [1.165, 1.54) is 22.7 Å². The van der Waals surface area contributed by atoms with E-state index in [0.717, 1.165) is 14.9 Å². The Hall–Kier alpha value is -0.690. The standard InChI is InChI=1S/C12H12BrNO2S2/c1-7-2-3-17-11(7)9(15)5-14-12(16)10-4-8(13)6-18-10/h2-4,6,9,15H,5H2,1H3,(H,14,16). The fourth-order valence-electron chi connectivity index (χ4n) is 1.53. The number of aliphatic hydroxyl groups is 1. The number of aryl methyl sites for hydroxylation is 1. The van der Waals surface area contributed by atoms with Gasteiger partial charge in [-0.25, -0.2) is 0 Å². The van der Waals surface area contributed by atoms with Crippen LogP contribution >= 0.6 is 38.6 Å². The van der Waals surface area contributed by atoms with Crippen molar-refractivity contribution in [3.8, 4) is 0 Å². The zero-order valence-corrected chi connectivity index (χ0v) is 12.9. The first-order valence-electron chi connectivity index (χ1n) is 5.32. The zero-order chi connectivity index (χ0) is 13.1. The maximum Gasteiger partial charge on any atom is 0.261 e. The quantitative estimate of drug-likeness (QED) is 0.892. The summed E-state index contributed by atoms with van der Waals surface area (Å²) in [5, 5.41) is 16.5. The number of rotatable bonds is 4. The van der Waals surface area contributed by atoms with Crippen LogP contribution in [0.1, 0.15) is 26.2 Å². The van der Waals surface area contributed by atoms with Crippen LogP contribution in [0, 0.1) is 6.92 Å². The molecule has 2 heterocycles. The van der Waals surface area contributed by atoms with Crippen LogP contribution < -0.4 is 5.32 Å². The molecular formula is C12H12BrNO2S2. The fraction of sp³-hybridized carbons (Fsp3) is 0.250. The van der Waals surface area contributed by atoms with Gasteiger partial charge < -0.3 is 10.4 Å². The van der Waals surface area contributed by atoms with Gasteiger partial charge in [0.25, 0.3) is 5.91 Å². The average molecular weight is 346 g/mol. The first kappa shape index (κ1) is 13.7. The van der Waals surface area contributed by atoms with Crippen LogP contribution in [-0.2, 0) is 0 Å². The number of carbonyl (C=O) groups is 1. The summed E-state index contributed by atoms with van der Waals surface area (Å²) in [7, 11) is 0. The minimum atomic E-state index is -0.641. The highest BCUT2D eigenvalue weighted by Crippen LogP contribution is 2.23. The lowest BCUT2D eigenvalue weighted by Crippen LogP contribution is -2.27. The monoisotopic (exact) mass is 345 g/mol. The van der Waals surface area contributed by atoms with Crippen LogP contribution in [0.3, 0.4) is 0 Å². The molecule has 1 atom stereocenters. The lowest BCUT2D eigenvalue weighted by atomic mass is 10.2. The molecule has 2 aromatic rings. The normalized spacial score (nSPS) is 12.4. The van der Waals surface area contributed by atoms with Gasteiger partial charge in [0.2, 0.25) is 0 Å². The van der Waals surface area contributed by atoms with Crippen LogP contribution in [0.2, 0.25) is 0 Å². The van der Waals surface area contributed by atoms with E-state index in [4.69, 9.17) is 0 Å². The molecule has 0 bridgehead atoms. The van der Waals surface area contributed by atoms with E-state index in [0.29, 0.717) is 4.88 Å². The summed E-state index contributed by atoms with van der Waals surface area (Å²) in [4.78, 5) is 13.3. The third kappa shape index (κ3) is 3.20. The summed E-state index contributed by atoms with van der Waals surface area (Å²) in [6.07, 6.45) is -0.641. The lowest BCUT2D eigenvalue weighted by molar-refractivity contribution is 0.0921. The van der Waals surface area contributed by atoms with E-state index < -0.39 is 6.10 Å². The van der Waals surface area contributed by atoms with E-state index >= 15 is 0 Å². The van der Waals surface area contributed by atoms with Crippen molar-refractivity contribution in [3.63, 3.8) is 0 Å². The van der Waals surface area contributed by atoms with Crippen molar-refractivity contribution in [3.05, 3.63) is 42.7 Å². The maximum absolute atomic E-state index is 11.8. The zero-order valence-electron chi connectivity index (χ0n) is 9.64. The smallest absolute Gasteiger partial charge is 0.261 e. The molecule has 6 heteroatoms. The molecular weight excluding hydrogens is 334 g/mol. The first-order chi connectivity index (χ1) is 8.58. The van der Waals surface area contributed by atoms with E-state index in [1.54, 1.807) is 6.07 Å². The van der Waals surface area contributed by atoms with Gasteiger partial charge in [0.05, 0.1) is 4.88 Å². The number of nitrogens with one attached hydrogen (secondary N) is 1. The van der Waals surface area contributed by atoms with Crippen LogP contribution in [0.25, 0.3) is 0 Å². The molecule has 2 aromatic heterocycles. The summed E-state index contributed by atoms with van der Waals surface area (Å²) in [5.41, 5.74) is 1.06. The van der Waals surface area contributed by atoms with Crippen molar-refractivity contribution in [1.82, 2.24) is 5.32 Å². The molecule has 1 amide bonds. The van der Waals surface area contributed by atoms with Crippen molar-refractivity contribution < 1.29 is 9.90 Å². The van der Waals surface area contributed by atoms with E-state index in [9.17, 15) is 9.90 Å². The van der Waals surface area contributed by atoms with Gasteiger partial charge in [0.1, 0.15) is 6.10 Å². The summed E-state index contributed by atoms with van der Waals surface area (Å²) < 4.78 is 0.896. The van der Waals surface area contributed by atoms with E-state index in [2.05, 4.69) is 21.2 Å². The first-order valence-corrected chi connectivity index (χ1v) is 7.87. The molecule has 2 N–H and O–H groups in total. The number of amides is 1. The number of thiophene rings is 2. The second-order valence-corrected chi connectivity index (χ2v) is 6.60. The van der Waals surface area contributed by atoms with E-state index in [-0.39, 0.29) is 12.5 Å². The molecule has 2 rings (SSSR count). The lowest BCUT2D eigenvalue weighted by Gasteiger charge is -2.10. The number of hydrogen-bond donors (Lipinski definition) is 2. The number of halogens is 1. The van der Waals surface area contributed by atoms with Crippen molar-refractivity contribution in [2.24, 2.45) is 0 Å². The summed E-state index contributed by atoms with van der Waals surface area (Å²) in [6.45, 7) is 2.18. The predicted octanol–water partition coefficient (Wildman–Crippen LogP) is 3.34. The Morgan fingerprint density at radius 3 is 2.89 bits per heavy atom. The minimum absolute atomic E-state index is 0.154. The second kappa shape index (κ2) is 5.97. The van der Waals surface area contributed by atoms with Gasteiger partial charge >= 0.3 is 0 Å².